The van der Waals surface area contributed by atoms with Crippen LogP contribution in [-0.2, 0) is 14.3 Å². The quantitative estimate of drug-likeness (QED) is 0.0429. The van der Waals surface area contributed by atoms with Crippen molar-refractivity contribution in [1.82, 2.24) is 5.32 Å². The number of aliphatic hydroxyl groups is 6. The van der Waals surface area contributed by atoms with E-state index in [4.69, 9.17) is 9.47 Å². The molecule has 10 heteroatoms. The molecule has 1 amide bonds. The average molecular weight is 672 g/mol. The van der Waals surface area contributed by atoms with E-state index >= 15 is 0 Å². The number of hydrogen-bond acceptors (Lipinski definition) is 9. The third kappa shape index (κ3) is 20.0. The number of carbonyl (C=O) groups excluding carboxylic acids is 1. The molecule has 1 fully saturated rings. The van der Waals surface area contributed by atoms with Gasteiger partial charge < -0.3 is 45.4 Å². The third-order valence-electron chi connectivity index (χ3n) is 8.88. The number of amides is 1. The molecule has 0 bridgehead atoms. The first-order chi connectivity index (χ1) is 22.8. The lowest BCUT2D eigenvalue weighted by Crippen LogP contribution is -2.60. The zero-order valence-corrected chi connectivity index (χ0v) is 29.4. The lowest BCUT2D eigenvalue weighted by molar-refractivity contribution is -0.302. The molecule has 47 heavy (non-hydrogen) atoms. The molecule has 0 aromatic carbocycles. The van der Waals surface area contributed by atoms with Crippen molar-refractivity contribution < 1.29 is 44.9 Å². The summed E-state index contributed by atoms with van der Waals surface area (Å²) in [6, 6.07) is -0.980. The highest BCUT2D eigenvalue weighted by Crippen LogP contribution is 2.22. The predicted octanol–water partition coefficient (Wildman–Crippen LogP) is 4.96. The molecule has 0 aliphatic carbocycles. The standard InChI is InChI=1S/C37H69NO9/c1-3-5-7-9-11-13-14-15-16-18-19-21-23-25-30(40)29(28-46-37-35(44)34(43)33(42)32(27-39)47-37)38-36(45)31(41)26-24-22-20-17-12-10-8-6-4-2/h10,12,23,25,29-35,37,39-44H,3-9,11,13-22,24,26-28H2,1-2H3,(H,38,45)/b12-10-,25-23+. The largest absolute Gasteiger partial charge is 0.394 e. The van der Waals surface area contributed by atoms with Gasteiger partial charge in [-0.3, -0.25) is 4.79 Å². The van der Waals surface area contributed by atoms with E-state index in [0.29, 0.717) is 6.42 Å². The van der Waals surface area contributed by atoms with E-state index in [1.165, 1.54) is 70.6 Å². The van der Waals surface area contributed by atoms with E-state index in [-0.39, 0.29) is 13.0 Å². The molecule has 0 aromatic rings. The first-order valence-corrected chi connectivity index (χ1v) is 18.7. The van der Waals surface area contributed by atoms with E-state index in [2.05, 4.69) is 31.3 Å². The SMILES string of the molecule is CCCC/C=C\CCCCCC(O)C(=O)NC(COC1OC(CO)C(O)C(O)C1O)C(O)/C=C/CCCCCCCCCCCCC. The number of aliphatic hydroxyl groups excluding tert-OH is 6. The van der Waals surface area contributed by atoms with Crippen LogP contribution in [0.25, 0.3) is 0 Å². The second kappa shape index (κ2) is 28.5. The van der Waals surface area contributed by atoms with Gasteiger partial charge in [0.2, 0.25) is 5.91 Å². The molecule has 1 aliphatic rings. The summed E-state index contributed by atoms with van der Waals surface area (Å²) >= 11 is 0. The third-order valence-corrected chi connectivity index (χ3v) is 8.88. The van der Waals surface area contributed by atoms with Gasteiger partial charge in [-0.1, -0.05) is 128 Å². The predicted molar refractivity (Wildman–Crippen MR) is 186 cm³/mol. The van der Waals surface area contributed by atoms with Crippen molar-refractivity contribution in [2.24, 2.45) is 0 Å². The Hall–Kier alpha value is -1.37. The molecule has 1 aliphatic heterocycles. The fourth-order valence-corrected chi connectivity index (χ4v) is 5.67. The summed E-state index contributed by atoms with van der Waals surface area (Å²) in [6.45, 7) is 3.49. The Morgan fingerprint density at radius 2 is 1.26 bits per heavy atom. The van der Waals surface area contributed by atoms with Gasteiger partial charge in [-0.05, 0) is 38.5 Å². The van der Waals surface area contributed by atoms with Crippen LogP contribution in [0.5, 0.6) is 0 Å². The van der Waals surface area contributed by atoms with Gasteiger partial charge in [0.1, 0.15) is 30.5 Å². The molecule has 0 spiro atoms. The summed E-state index contributed by atoms with van der Waals surface area (Å²) in [5.74, 6) is -0.635. The van der Waals surface area contributed by atoms with Crippen molar-refractivity contribution in [1.29, 1.82) is 0 Å². The maximum atomic E-state index is 12.9. The van der Waals surface area contributed by atoms with Gasteiger partial charge in [-0.2, -0.15) is 0 Å². The fourth-order valence-electron chi connectivity index (χ4n) is 5.67. The summed E-state index contributed by atoms with van der Waals surface area (Å²) in [6.07, 6.45) is 19.9. The van der Waals surface area contributed by atoms with Gasteiger partial charge in [0.15, 0.2) is 6.29 Å². The van der Waals surface area contributed by atoms with Gasteiger partial charge >= 0.3 is 0 Å². The second-order valence-corrected chi connectivity index (χ2v) is 13.2. The zero-order chi connectivity index (χ0) is 34.7. The number of nitrogens with one attached hydrogen (secondary N) is 1. The minimum Gasteiger partial charge on any atom is -0.394 e. The van der Waals surface area contributed by atoms with Crippen LogP contribution in [0, 0.1) is 0 Å². The van der Waals surface area contributed by atoms with Gasteiger partial charge in [-0.25, -0.2) is 0 Å². The Balaban J connectivity index is 2.57. The molecule has 0 aromatic heterocycles. The summed E-state index contributed by atoms with van der Waals surface area (Å²) in [4.78, 5) is 12.9. The van der Waals surface area contributed by atoms with E-state index in [0.717, 1.165) is 44.9 Å². The molecule has 7 N–H and O–H groups in total. The highest BCUT2D eigenvalue weighted by molar-refractivity contribution is 5.80. The van der Waals surface area contributed by atoms with Crippen molar-refractivity contribution in [3.05, 3.63) is 24.3 Å². The zero-order valence-electron chi connectivity index (χ0n) is 29.4. The van der Waals surface area contributed by atoms with E-state index in [9.17, 15) is 35.4 Å². The Labute approximate surface area is 284 Å². The Morgan fingerprint density at radius 3 is 1.85 bits per heavy atom. The van der Waals surface area contributed by atoms with Gasteiger partial charge in [0.25, 0.3) is 0 Å². The summed E-state index contributed by atoms with van der Waals surface area (Å²) in [7, 11) is 0. The molecular weight excluding hydrogens is 602 g/mol. The topological polar surface area (TPSA) is 169 Å². The molecule has 276 valence electrons. The van der Waals surface area contributed by atoms with Gasteiger partial charge in [0.05, 0.1) is 25.4 Å². The van der Waals surface area contributed by atoms with Crippen LogP contribution >= 0.6 is 0 Å². The van der Waals surface area contributed by atoms with Crippen LogP contribution in [0.15, 0.2) is 24.3 Å². The molecular formula is C37H69NO9. The summed E-state index contributed by atoms with van der Waals surface area (Å²) in [5.41, 5.74) is 0. The number of rotatable bonds is 29. The molecule has 0 radical (unpaired) electrons. The van der Waals surface area contributed by atoms with Crippen LogP contribution in [0.4, 0.5) is 0 Å². The maximum absolute atomic E-state index is 12.9. The molecule has 8 atom stereocenters. The van der Waals surface area contributed by atoms with Crippen molar-refractivity contribution >= 4 is 5.91 Å². The van der Waals surface area contributed by atoms with Crippen LogP contribution in [0.3, 0.4) is 0 Å². The molecule has 1 heterocycles. The first kappa shape index (κ1) is 43.7. The Kier molecular flexibility index (Phi) is 26.4. The second-order valence-electron chi connectivity index (χ2n) is 13.2. The van der Waals surface area contributed by atoms with Gasteiger partial charge in [0, 0.05) is 0 Å². The summed E-state index contributed by atoms with van der Waals surface area (Å²) < 4.78 is 11.0. The van der Waals surface area contributed by atoms with Crippen molar-refractivity contribution in [3.8, 4) is 0 Å². The Morgan fingerprint density at radius 1 is 0.723 bits per heavy atom. The number of hydrogen-bond donors (Lipinski definition) is 7. The van der Waals surface area contributed by atoms with Crippen molar-refractivity contribution in [3.63, 3.8) is 0 Å². The molecule has 1 rings (SSSR count). The summed E-state index contributed by atoms with van der Waals surface area (Å²) in [5, 5.41) is 64.1. The van der Waals surface area contributed by atoms with Crippen LogP contribution in [-0.4, -0.2) is 98.7 Å². The monoisotopic (exact) mass is 671 g/mol. The van der Waals surface area contributed by atoms with Crippen LogP contribution in [0.1, 0.15) is 142 Å². The van der Waals surface area contributed by atoms with Gasteiger partial charge in [-0.15, -0.1) is 0 Å². The minimum absolute atomic E-state index is 0.288. The van der Waals surface area contributed by atoms with Crippen molar-refractivity contribution in [2.45, 2.75) is 191 Å². The highest BCUT2D eigenvalue weighted by Gasteiger charge is 2.44. The molecule has 8 unspecified atom stereocenters. The number of unbranched alkanes of at least 4 members (excludes halogenated alkanes) is 16. The number of ether oxygens (including phenoxy) is 2. The molecule has 0 saturated carbocycles. The Bertz CT molecular complexity index is 809. The van der Waals surface area contributed by atoms with E-state index in [1.807, 2.05) is 6.08 Å². The van der Waals surface area contributed by atoms with Crippen LogP contribution in [0.2, 0.25) is 0 Å². The van der Waals surface area contributed by atoms with Crippen LogP contribution < -0.4 is 5.32 Å². The smallest absolute Gasteiger partial charge is 0.249 e. The fraction of sp³-hybridized carbons (Fsp3) is 0.865. The molecule has 1 saturated heterocycles. The molecule has 10 nitrogen and oxygen atoms in total. The minimum atomic E-state index is -1.61. The number of carbonyl (C=O) groups is 1. The lowest BCUT2D eigenvalue weighted by atomic mass is 9.99. The number of allylic oxidation sites excluding steroid dienone is 3. The van der Waals surface area contributed by atoms with Crippen molar-refractivity contribution in [2.75, 3.05) is 13.2 Å². The van der Waals surface area contributed by atoms with E-state index < -0.39 is 61.5 Å². The lowest BCUT2D eigenvalue weighted by Gasteiger charge is -2.40. The average Bonchev–Trinajstić information content (AvgIpc) is 3.07. The highest BCUT2D eigenvalue weighted by atomic mass is 16.7. The first-order valence-electron chi connectivity index (χ1n) is 18.7. The normalized spacial score (nSPS) is 23.8. The van der Waals surface area contributed by atoms with E-state index in [1.54, 1.807) is 6.08 Å². The maximum Gasteiger partial charge on any atom is 0.249 e.